The molecule has 0 aliphatic heterocycles. The monoisotopic (exact) mass is 772 g/mol. The molecule has 3 atom stereocenters. The molecule has 2 nitrogen and oxygen atoms in total. The zero-order chi connectivity index (χ0) is 40.0. The Balaban J connectivity index is 1.01. The summed E-state index contributed by atoms with van der Waals surface area (Å²) in [6.45, 7) is 4.96. The summed E-state index contributed by atoms with van der Waals surface area (Å²) in [4.78, 5) is 2.49. The van der Waals surface area contributed by atoms with Crippen LogP contribution in [0.5, 0.6) is 0 Å². The van der Waals surface area contributed by atoms with Crippen molar-refractivity contribution in [1.82, 2.24) is 4.57 Å². The van der Waals surface area contributed by atoms with Crippen LogP contribution in [0.15, 0.2) is 170 Å². The van der Waals surface area contributed by atoms with E-state index in [9.17, 15) is 0 Å². The molecule has 12 rings (SSSR count). The molecule has 0 saturated heterocycles. The lowest BCUT2D eigenvalue weighted by Gasteiger charge is -2.49. The molecule has 0 saturated carbocycles. The van der Waals surface area contributed by atoms with E-state index in [1.807, 2.05) is 0 Å². The number of aryl methyl sites for hydroxylation is 2. The molecule has 3 unspecified atom stereocenters. The maximum Gasteiger partial charge on any atom is 0.0555 e. The third-order valence-electron chi connectivity index (χ3n) is 14.6. The minimum atomic E-state index is 0.0312. The van der Waals surface area contributed by atoms with Gasteiger partial charge in [0.05, 0.1) is 5.52 Å². The van der Waals surface area contributed by atoms with Crippen molar-refractivity contribution in [2.45, 2.75) is 57.3 Å². The Labute approximate surface area is 353 Å². The fourth-order valence-corrected chi connectivity index (χ4v) is 11.3. The molecule has 60 heavy (non-hydrogen) atoms. The fourth-order valence-electron chi connectivity index (χ4n) is 11.3. The lowest BCUT2D eigenvalue weighted by atomic mass is 9.54. The molecule has 0 fully saturated rings. The largest absolute Gasteiger partial charge is 0.313 e. The molecule has 0 spiro atoms. The van der Waals surface area contributed by atoms with Crippen LogP contribution in [0, 0.1) is 5.92 Å². The SMILES string of the molecule is CC1CC=CC2c3cc(N(c4ccccc4)c4ccc5c6c(n(C7=Cc8cc(-c9ccc%10ccccc%10c9)ccc8CC7)c5c4)C=CCC6)ccc3-c3ccccc3C12C. The Morgan fingerprint density at radius 1 is 0.633 bits per heavy atom. The molecule has 8 aromatic rings. The number of rotatable bonds is 5. The maximum atomic E-state index is 2.60. The summed E-state index contributed by atoms with van der Waals surface area (Å²) >= 11 is 0. The molecular formula is C58H48N2. The van der Waals surface area contributed by atoms with E-state index in [1.54, 1.807) is 0 Å². The standard InChI is InChI=1S/C58H48N2/c1-38-13-12-21-55-53-36-47(29-31-49(53)50-18-8-10-20-54(50)58(38,55)2)59(45-16-4-3-5-17-45)48-30-32-52-51-19-9-11-22-56(51)60(57(52)37-48)46-28-27-40-24-26-43(34-44(40)35-46)42-25-23-39-14-6-7-15-41(39)33-42/h3-8,10-12,14-18,20-26,29-38,55H,9,13,19,27-28H2,1-2H3. The quantitative estimate of drug-likeness (QED) is 0.158. The molecule has 2 heteroatoms. The second-order valence-electron chi connectivity index (χ2n) is 17.8. The number of nitrogens with zero attached hydrogens (tertiary/aromatic N) is 2. The van der Waals surface area contributed by atoms with E-state index in [1.165, 1.54) is 94.5 Å². The van der Waals surface area contributed by atoms with Crippen molar-refractivity contribution < 1.29 is 0 Å². The van der Waals surface area contributed by atoms with Gasteiger partial charge in [0.15, 0.2) is 0 Å². The number of hydrogen-bond acceptors (Lipinski definition) is 1. The molecule has 1 aromatic heterocycles. The number of benzene rings is 7. The fraction of sp³-hybridized carbons (Fsp3) is 0.172. The highest BCUT2D eigenvalue weighted by Crippen LogP contribution is 2.58. The van der Waals surface area contributed by atoms with Gasteiger partial charge < -0.3 is 9.47 Å². The second kappa shape index (κ2) is 13.7. The Hall–Kier alpha value is -6.64. The maximum absolute atomic E-state index is 2.60. The molecule has 0 radical (unpaired) electrons. The van der Waals surface area contributed by atoms with Crippen molar-refractivity contribution in [2.24, 2.45) is 5.92 Å². The van der Waals surface area contributed by atoms with E-state index >= 15 is 0 Å². The molecule has 0 amide bonds. The summed E-state index contributed by atoms with van der Waals surface area (Å²) < 4.78 is 2.60. The Morgan fingerprint density at radius 3 is 2.33 bits per heavy atom. The molecule has 7 aromatic carbocycles. The van der Waals surface area contributed by atoms with Gasteiger partial charge in [0.1, 0.15) is 0 Å². The van der Waals surface area contributed by atoms with Crippen LogP contribution in [0.1, 0.15) is 72.5 Å². The van der Waals surface area contributed by atoms with Gasteiger partial charge in [-0.25, -0.2) is 0 Å². The molecule has 4 aliphatic carbocycles. The number of fused-ring (bicyclic) bond motifs is 11. The zero-order valence-corrected chi connectivity index (χ0v) is 34.4. The predicted octanol–water partition coefficient (Wildman–Crippen LogP) is 15.5. The van der Waals surface area contributed by atoms with E-state index in [4.69, 9.17) is 0 Å². The summed E-state index contributed by atoms with van der Waals surface area (Å²) in [5, 5.41) is 3.92. The molecular weight excluding hydrogens is 725 g/mol. The van der Waals surface area contributed by atoms with Gasteiger partial charge in [-0.2, -0.15) is 0 Å². The number of para-hydroxylation sites is 1. The smallest absolute Gasteiger partial charge is 0.0555 e. The van der Waals surface area contributed by atoms with Gasteiger partial charge in [-0.15, -0.1) is 0 Å². The van der Waals surface area contributed by atoms with Gasteiger partial charge in [0.2, 0.25) is 0 Å². The second-order valence-corrected chi connectivity index (χ2v) is 17.8. The summed E-state index contributed by atoms with van der Waals surface area (Å²) in [5.74, 6) is 0.849. The lowest BCUT2D eigenvalue weighted by molar-refractivity contribution is 0.270. The van der Waals surface area contributed by atoms with Crippen molar-refractivity contribution >= 4 is 56.6 Å². The Kier molecular flexibility index (Phi) is 8.07. The minimum Gasteiger partial charge on any atom is -0.313 e. The van der Waals surface area contributed by atoms with Crippen LogP contribution in [0.3, 0.4) is 0 Å². The molecule has 1 heterocycles. The number of hydrogen-bond donors (Lipinski definition) is 0. The van der Waals surface area contributed by atoms with Gasteiger partial charge in [-0.1, -0.05) is 135 Å². The van der Waals surface area contributed by atoms with E-state index < -0.39 is 0 Å². The van der Waals surface area contributed by atoms with Crippen molar-refractivity contribution in [3.8, 4) is 22.3 Å². The van der Waals surface area contributed by atoms with Crippen LogP contribution in [-0.2, 0) is 18.3 Å². The highest BCUT2D eigenvalue weighted by molar-refractivity contribution is 5.98. The minimum absolute atomic E-state index is 0.0312. The Bertz CT molecular complexity index is 3120. The van der Waals surface area contributed by atoms with Crippen LogP contribution in [0.25, 0.3) is 61.8 Å². The highest BCUT2D eigenvalue weighted by Gasteiger charge is 2.46. The summed E-state index contributed by atoms with van der Waals surface area (Å²) in [5.41, 5.74) is 20.0. The van der Waals surface area contributed by atoms with Crippen LogP contribution >= 0.6 is 0 Å². The third kappa shape index (κ3) is 5.40. The first-order chi connectivity index (χ1) is 29.5. The Morgan fingerprint density at radius 2 is 1.42 bits per heavy atom. The van der Waals surface area contributed by atoms with Crippen molar-refractivity contribution in [3.05, 3.63) is 203 Å². The average Bonchev–Trinajstić information content (AvgIpc) is 3.63. The van der Waals surface area contributed by atoms with Crippen molar-refractivity contribution in [1.29, 1.82) is 0 Å². The summed E-state index contributed by atoms with van der Waals surface area (Å²) in [7, 11) is 0. The lowest BCUT2D eigenvalue weighted by Crippen LogP contribution is -2.41. The molecule has 0 bridgehead atoms. The molecule has 0 N–H and O–H groups in total. The van der Waals surface area contributed by atoms with E-state index in [0.717, 1.165) is 37.8 Å². The third-order valence-corrected chi connectivity index (χ3v) is 14.6. The first-order valence-corrected chi connectivity index (χ1v) is 22.0. The van der Waals surface area contributed by atoms with E-state index in [-0.39, 0.29) is 5.41 Å². The predicted molar refractivity (Wildman–Crippen MR) is 254 cm³/mol. The van der Waals surface area contributed by atoms with Crippen LogP contribution in [-0.4, -0.2) is 4.57 Å². The van der Waals surface area contributed by atoms with Crippen LogP contribution in [0.4, 0.5) is 17.1 Å². The average molecular weight is 773 g/mol. The normalized spacial score (nSPS) is 19.9. The first kappa shape index (κ1) is 35.3. The highest BCUT2D eigenvalue weighted by atomic mass is 15.1. The van der Waals surface area contributed by atoms with Crippen LogP contribution in [0.2, 0.25) is 0 Å². The van der Waals surface area contributed by atoms with E-state index in [0.29, 0.717) is 11.8 Å². The van der Waals surface area contributed by atoms with Gasteiger partial charge in [-0.05, 0) is 160 Å². The first-order valence-electron chi connectivity index (χ1n) is 22.0. The van der Waals surface area contributed by atoms with Crippen LogP contribution < -0.4 is 4.90 Å². The van der Waals surface area contributed by atoms with Crippen molar-refractivity contribution in [2.75, 3.05) is 4.90 Å². The van der Waals surface area contributed by atoms with Gasteiger partial charge in [0.25, 0.3) is 0 Å². The zero-order valence-electron chi connectivity index (χ0n) is 34.4. The van der Waals surface area contributed by atoms with Gasteiger partial charge in [-0.3, -0.25) is 0 Å². The number of aromatic nitrogens is 1. The topological polar surface area (TPSA) is 8.17 Å². The van der Waals surface area contributed by atoms with Crippen molar-refractivity contribution in [3.63, 3.8) is 0 Å². The summed E-state index contributed by atoms with van der Waals surface area (Å²) in [6.07, 6.45) is 17.4. The van der Waals surface area contributed by atoms with Gasteiger partial charge in [0, 0.05) is 45.2 Å². The molecule has 290 valence electrons. The summed E-state index contributed by atoms with van der Waals surface area (Å²) in [6, 6.07) is 57.2. The molecule has 4 aliphatic rings. The number of anilines is 3. The number of allylic oxidation sites excluding steroid dienone is 4. The van der Waals surface area contributed by atoms with Gasteiger partial charge >= 0.3 is 0 Å². The van der Waals surface area contributed by atoms with E-state index in [2.05, 4.69) is 205 Å².